The summed E-state index contributed by atoms with van der Waals surface area (Å²) in [4.78, 5) is 2.66. The third-order valence-electron chi connectivity index (χ3n) is 9.36. The molecule has 49 heavy (non-hydrogen) atoms. The normalized spacial score (nSPS) is 14.5. The van der Waals surface area contributed by atoms with Gasteiger partial charge in [0.25, 0.3) is 10.1 Å². The lowest BCUT2D eigenvalue weighted by atomic mass is 9.86. The minimum Gasteiger partial charge on any atom is -0.485 e. The van der Waals surface area contributed by atoms with E-state index in [0.29, 0.717) is 19.3 Å². The summed E-state index contributed by atoms with van der Waals surface area (Å²) >= 11 is 0. The molecule has 2 N–H and O–H groups in total. The van der Waals surface area contributed by atoms with E-state index in [1.165, 1.54) is 42.5 Å². The van der Waals surface area contributed by atoms with Crippen LogP contribution < -0.4 is 14.8 Å². The van der Waals surface area contributed by atoms with Crippen molar-refractivity contribution in [2.45, 2.75) is 88.9 Å². The van der Waals surface area contributed by atoms with Gasteiger partial charge in [-0.05, 0) is 112 Å². The number of ether oxygens (including phenoxy) is 2. The molecule has 1 aliphatic rings. The van der Waals surface area contributed by atoms with Gasteiger partial charge in [-0.25, -0.2) is 0 Å². The third-order valence-corrected chi connectivity index (χ3v) is 10.2. The second kappa shape index (κ2) is 18.9. The zero-order valence-electron chi connectivity index (χ0n) is 28.9. The molecule has 7 nitrogen and oxygen atoms in total. The first-order valence-electron chi connectivity index (χ1n) is 17.9. The number of rotatable bonds is 20. The van der Waals surface area contributed by atoms with Crippen LogP contribution in [0.5, 0.6) is 11.5 Å². The standard InChI is InChI=1S/C41H52N2O5S/c1-2-28-43(29-12-4-3-11-26-42-27-25-33-17-21-38(22-18-33)49(44,45)46)37-20-23-39-36(30-37)19-24-40(47-31-34-13-7-5-8-14-34)41(39)48-32-35-15-9-6-10-16-35/h5-10,13-19,21-22,24,37,42H,2-4,11-12,20,23,25-32H2,1H3,(H,44,45,46)/t37-/m0/s1. The van der Waals surface area contributed by atoms with Crippen molar-refractivity contribution >= 4 is 10.1 Å². The number of unbranched alkanes of at least 4 members (excludes halogenated alkanes) is 3. The molecule has 0 aliphatic heterocycles. The van der Waals surface area contributed by atoms with E-state index in [-0.39, 0.29) is 4.90 Å². The van der Waals surface area contributed by atoms with E-state index < -0.39 is 10.1 Å². The summed E-state index contributed by atoms with van der Waals surface area (Å²) in [5.41, 5.74) is 6.03. The molecular weight excluding hydrogens is 633 g/mol. The summed E-state index contributed by atoms with van der Waals surface area (Å²) in [6.07, 6.45) is 9.92. The fourth-order valence-electron chi connectivity index (χ4n) is 6.70. The Balaban J connectivity index is 1.09. The molecule has 0 bridgehead atoms. The minimum atomic E-state index is -4.14. The zero-order chi connectivity index (χ0) is 34.3. The van der Waals surface area contributed by atoms with Gasteiger partial charge in [0.15, 0.2) is 11.5 Å². The Hall–Kier alpha value is -3.69. The van der Waals surface area contributed by atoms with Crippen molar-refractivity contribution in [2.24, 2.45) is 0 Å². The smallest absolute Gasteiger partial charge is 0.294 e. The van der Waals surface area contributed by atoms with E-state index in [9.17, 15) is 8.42 Å². The van der Waals surface area contributed by atoms with Crippen LogP contribution in [0.3, 0.4) is 0 Å². The summed E-state index contributed by atoms with van der Waals surface area (Å²) in [6.45, 7) is 7.41. The van der Waals surface area contributed by atoms with Gasteiger partial charge >= 0.3 is 0 Å². The molecule has 0 amide bonds. The zero-order valence-corrected chi connectivity index (χ0v) is 29.7. The SMILES string of the molecule is CCCN(CCCCCCNCCc1ccc(S(=O)(=O)O)cc1)[C@H]1CCc2c(ccc(OCc3ccccc3)c2OCc2ccccc2)C1. The second-order valence-corrected chi connectivity index (χ2v) is 14.5. The first kappa shape index (κ1) is 36.6. The Morgan fingerprint density at radius 1 is 0.755 bits per heavy atom. The lowest BCUT2D eigenvalue weighted by molar-refractivity contribution is 0.174. The van der Waals surface area contributed by atoms with E-state index in [1.807, 2.05) is 24.3 Å². The van der Waals surface area contributed by atoms with Crippen molar-refractivity contribution in [1.82, 2.24) is 10.2 Å². The molecule has 0 spiro atoms. The second-order valence-electron chi connectivity index (χ2n) is 13.0. The quantitative estimate of drug-likeness (QED) is 0.0720. The van der Waals surface area contributed by atoms with Gasteiger partial charge in [0, 0.05) is 11.6 Å². The van der Waals surface area contributed by atoms with Crippen LogP contribution in [0, 0.1) is 0 Å². The van der Waals surface area contributed by atoms with Gasteiger partial charge in [-0.1, -0.05) is 98.6 Å². The van der Waals surface area contributed by atoms with E-state index in [2.05, 4.69) is 65.7 Å². The highest BCUT2D eigenvalue weighted by Crippen LogP contribution is 2.39. The van der Waals surface area contributed by atoms with Crippen LogP contribution >= 0.6 is 0 Å². The number of nitrogens with zero attached hydrogens (tertiary/aromatic N) is 1. The molecule has 5 rings (SSSR count). The van der Waals surface area contributed by atoms with Crippen molar-refractivity contribution in [3.63, 3.8) is 0 Å². The number of hydrogen-bond donors (Lipinski definition) is 2. The van der Waals surface area contributed by atoms with Crippen LogP contribution in [-0.4, -0.2) is 50.1 Å². The van der Waals surface area contributed by atoms with Crippen molar-refractivity contribution in [3.05, 3.63) is 125 Å². The lowest BCUT2D eigenvalue weighted by Crippen LogP contribution is -2.40. The first-order chi connectivity index (χ1) is 23.9. The first-order valence-corrected chi connectivity index (χ1v) is 19.3. The Labute approximate surface area is 293 Å². The molecule has 1 atom stereocenters. The average Bonchev–Trinajstić information content (AvgIpc) is 3.12. The molecular formula is C41H52N2O5S. The number of nitrogens with one attached hydrogen (secondary N) is 1. The Kier molecular flexibility index (Phi) is 14.1. The highest BCUT2D eigenvalue weighted by atomic mass is 32.2. The summed E-state index contributed by atoms with van der Waals surface area (Å²) in [5.74, 6) is 1.73. The molecule has 0 aromatic heterocycles. The maximum Gasteiger partial charge on any atom is 0.294 e. The number of fused-ring (bicyclic) bond motifs is 1. The molecule has 0 fully saturated rings. The predicted molar refractivity (Wildman–Crippen MR) is 197 cm³/mol. The molecule has 0 heterocycles. The monoisotopic (exact) mass is 684 g/mol. The summed E-state index contributed by atoms with van der Waals surface area (Å²) in [7, 11) is -4.14. The largest absolute Gasteiger partial charge is 0.485 e. The Bertz CT molecular complexity index is 1660. The summed E-state index contributed by atoms with van der Waals surface area (Å²) in [5, 5.41) is 3.51. The van der Waals surface area contributed by atoms with Crippen LogP contribution in [0.4, 0.5) is 0 Å². The van der Waals surface area contributed by atoms with Crippen molar-refractivity contribution in [1.29, 1.82) is 0 Å². The molecule has 0 saturated carbocycles. The van der Waals surface area contributed by atoms with Gasteiger partial charge in [-0.15, -0.1) is 0 Å². The topological polar surface area (TPSA) is 88.1 Å². The van der Waals surface area contributed by atoms with Gasteiger partial charge < -0.3 is 19.7 Å². The molecule has 0 saturated heterocycles. The number of benzene rings is 4. The highest BCUT2D eigenvalue weighted by Gasteiger charge is 2.27. The Morgan fingerprint density at radius 2 is 1.43 bits per heavy atom. The molecule has 4 aromatic rings. The minimum absolute atomic E-state index is 0.0628. The van der Waals surface area contributed by atoms with Crippen molar-refractivity contribution in [3.8, 4) is 11.5 Å². The van der Waals surface area contributed by atoms with Crippen LogP contribution in [0.2, 0.25) is 0 Å². The maximum absolute atomic E-state index is 11.2. The van der Waals surface area contributed by atoms with E-state index >= 15 is 0 Å². The average molecular weight is 685 g/mol. The molecule has 262 valence electrons. The number of hydrogen-bond acceptors (Lipinski definition) is 6. The van der Waals surface area contributed by atoms with E-state index in [4.69, 9.17) is 14.0 Å². The molecule has 0 unspecified atom stereocenters. The van der Waals surface area contributed by atoms with Gasteiger partial charge in [0.1, 0.15) is 13.2 Å². The van der Waals surface area contributed by atoms with Crippen LogP contribution in [0.25, 0.3) is 0 Å². The molecule has 8 heteroatoms. The summed E-state index contributed by atoms with van der Waals surface area (Å²) in [6, 6.07) is 32.0. The lowest BCUT2D eigenvalue weighted by Gasteiger charge is -2.36. The van der Waals surface area contributed by atoms with Crippen molar-refractivity contribution in [2.75, 3.05) is 26.2 Å². The van der Waals surface area contributed by atoms with Gasteiger partial charge in [-0.2, -0.15) is 8.42 Å². The predicted octanol–water partition coefficient (Wildman–Crippen LogP) is 8.05. The van der Waals surface area contributed by atoms with Gasteiger partial charge in [0.2, 0.25) is 0 Å². The van der Waals surface area contributed by atoms with Crippen molar-refractivity contribution < 1.29 is 22.4 Å². The fourth-order valence-corrected chi connectivity index (χ4v) is 7.18. The van der Waals surface area contributed by atoms with Crippen LogP contribution in [0.15, 0.2) is 102 Å². The van der Waals surface area contributed by atoms with Gasteiger partial charge in [0.05, 0.1) is 4.90 Å². The fraction of sp³-hybridized carbons (Fsp3) is 0.415. The summed E-state index contributed by atoms with van der Waals surface area (Å²) < 4.78 is 44.5. The molecule has 4 aromatic carbocycles. The third kappa shape index (κ3) is 11.4. The van der Waals surface area contributed by atoms with Gasteiger partial charge in [-0.3, -0.25) is 4.55 Å². The van der Waals surface area contributed by atoms with E-state index in [0.717, 1.165) is 92.9 Å². The van der Waals surface area contributed by atoms with Crippen LogP contribution in [0.1, 0.15) is 73.3 Å². The maximum atomic E-state index is 11.2. The molecule has 0 radical (unpaired) electrons. The highest BCUT2D eigenvalue weighted by molar-refractivity contribution is 7.85. The Morgan fingerprint density at radius 3 is 2.10 bits per heavy atom. The molecule has 1 aliphatic carbocycles. The van der Waals surface area contributed by atoms with E-state index in [1.54, 1.807) is 12.1 Å². The van der Waals surface area contributed by atoms with Crippen LogP contribution in [-0.2, 0) is 42.6 Å².